The van der Waals surface area contributed by atoms with Crippen LogP contribution in [0, 0.1) is 17.2 Å². The molecule has 7 rings (SSSR count). The maximum atomic E-state index is 15.5. The molecule has 3 aliphatic carbocycles. The fraction of sp³-hybridized carbons (Fsp3) is 0.333. The van der Waals surface area contributed by atoms with E-state index in [0.29, 0.717) is 42.3 Å². The van der Waals surface area contributed by atoms with Crippen molar-refractivity contribution in [3.63, 3.8) is 0 Å². The first-order chi connectivity index (χ1) is 21.7. The molecule has 0 N–H and O–H groups in total. The SMILES string of the molecule is C=CC[C@@]1(C)C(=O)/C(=C\N(C)c2ccccc2)C[C@@]2(C)c3nc(-c4ccnc(C5CC5)c4)nc(-c4ccccc4F)c3CC[C@H]12. The minimum atomic E-state index is -0.658. The second-order valence-electron chi connectivity index (χ2n) is 13.5. The van der Waals surface area contributed by atoms with Gasteiger partial charge in [-0.2, -0.15) is 0 Å². The van der Waals surface area contributed by atoms with Crippen LogP contribution >= 0.6 is 0 Å². The van der Waals surface area contributed by atoms with Crippen molar-refractivity contribution in [2.24, 2.45) is 11.3 Å². The first-order valence-corrected chi connectivity index (χ1v) is 16.0. The number of hydrogen-bond donors (Lipinski definition) is 0. The second kappa shape index (κ2) is 11.2. The lowest BCUT2D eigenvalue weighted by Gasteiger charge is -2.54. The van der Waals surface area contributed by atoms with Gasteiger partial charge in [-0.1, -0.05) is 50.3 Å². The Morgan fingerprint density at radius 1 is 1.02 bits per heavy atom. The lowest BCUT2D eigenvalue weighted by molar-refractivity contribution is -0.132. The third kappa shape index (κ3) is 5.01. The normalized spacial score (nSPS) is 25.0. The standard InChI is InChI=1S/C39H39FN4O/c1-5-20-38(2)33-18-17-30-34(29-13-9-10-14-31(29)40)42-37(26-19-21-41-32(22-26)25-15-16-25)43-35(30)39(33,3)23-27(36(38)45)24-44(4)28-11-7-6-8-12-28/h5-14,19,21-22,24-25,33H,1,15-18,20,23H2,2-4H3/b27-24-/t33-,38-,39-/m1/s1. The molecule has 2 saturated carbocycles. The number of rotatable bonds is 7. The molecule has 3 aliphatic rings. The highest BCUT2D eigenvalue weighted by Gasteiger charge is 2.58. The van der Waals surface area contributed by atoms with Crippen LogP contribution in [0.5, 0.6) is 0 Å². The average Bonchev–Trinajstić information content (AvgIpc) is 3.90. The third-order valence-electron chi connectivity index (χ3n) is 10.4. The van der Waals surface area contributed by atoms with E-state index in [2.05, 4.69) is 31.5 Å². The maximum absolute atomic E-state index is 15.5. The van der Waals surface area contributed by atoms with Crippen LogP contribution in [-0.4, -0.2) is 27.8 Å². The van der Waals surface area contributed by atoms with Gasteiger partial charge in [0.2, 0.25) is 0 Å². The number of ketones is 1. The van der Waals surface area contributed by atoms with Crippen LogP contribution in [0.1, 0.15) is 68.8 Å². The van der Waals surface area contributed by atoms with Gasteiger partial charge in [0.15, 0.2) is 11.6 Å². The Balaban J connectivity index is 1.44. The molecule has 0 radical (unpaired) electrons. The minimum absolute atomic E-state index is 0.0258. The largest absolute Gasteiger partial charge is 0.351 e. The molecular formula is C39H39FN4O. The minimum Gasteiger partial charge on any atom is -0.351 e. The number of benzene rings is 2. The van der Waals surface area contributed by atoms with Gasteiger partial charge in [-0.25, -0.2) is 14.4 Å². The molecule has 4 aromatic rings. The van der Waals surface area contributed by atoms with Gasteiger partial charge in [-0.3, -0.25) is 9.78 Å². The molecule has 0 unspecified atom stereocenters. The first kappa shape index (κ1) is 29.3. The molecule has 5 nitrogen and oxygen atoms in total. The van der Waals surface area contributed by atoms with Crippen molar-refractivity contribution in [1.82, 2.24) is 15.0 Å². The Morgan fingerprint density at radius 2 is 1.78 bits per heavy atom. The molecule has 6 heteroatoms. The number of halogens is 1. The van der Waals surface area contributed by atoms with E-state index in [9.17, 15) is 4.79 Å². The van der Waals surface area contributed by atoms with Crippen molar-refractivity contribution in [1.29, 1.82) is 0 Å². The molecule has 0 bridgehead atoms. The van der Waals surface area contributed by atoms with Gasteiger partial charge in [0, 0.05) is 69.8 Å². The molecular weight excluding hydrogens is 559 g/mol. The summed E-state index contributed by atoms with van der Waals surface area (Å²) in [5, 5.41) is 0. The summed E-state index contributed by atoms with van der Waals surface area (Å²) in [6.07, 6.45) is 10.6. The van der Waals surface area contributed by atoms with E-state index in [1.165, 1.54) is 6.07 Å². The number of carbonyl (C=O) groups is 1. The van der Waals surface area contributed by atoms with Crippen LogP contribution in [0.2, 0.25) is 0 Å². The van der Waals surface area contributed by atoms with E-state index < -0.39 is 10.8 Å². The fourth-order valence-corrected chi connectivity index (χ4v) is 8.00. The zero-order valence-electron chi connectivity index (χ0n) is 26.3. The summed E-state index contributed by atoms with van der Waals surface area (Å²) in [7, 11) is 1.99. The number of nitrogens with zero attached hydrogens (tertiary/aromatic N) is 4. The van der Waals surface area contributed by atoms with Gasteiger partial charge in [-0.05, 0) is 80.8 Å². The maximum Gasteiger partial charge on any atom is 0.166 e. The van der Waals surface area contributed by atoms with Crippen molar-refractivity contribution in [2.45, 2.75) is 63.7 Å². The van der Waals surface area contributed by atoms with Crippen LogP contribution in [-0.2, 0) is 16.6 Å². The summed E-state index contributed by atoms with van der Waals surface area (Å²) >= 11 is 0. The van der Waals surface area contributed by atoms with Crippen molar-refractivity contribution >= 4 is 11.5 Å². The molecule has 3 atom stereocenters. The third-order valence-corrected chi connectivity index (χ3v) is 10.4. The number of aromatic nitrogens is 3. The van der Waals surface area contributed by atoms with Crippen LogP contribution in [0.3, 0.4) is 0 Å². The highest BCUT2D eigenvalue weighted by Crippen LogP contribution is 2.59. The van der Waals surface area contributed by atoms with E-state index >= 15 is 4.39 Å². The van der Waals surface area contributed by atoms with E-state index in [1.807, 2.05) is 79.0 Å². The van der Waals surface area contributed by atoms with Crippen LogP contribution in [0.15, 0.2) is 97.4 Å². The number of allylic oxidation sites excluding steroid dienone is 2. The number of carbonyl (C=O) groups excluding carboxylic acids is 1. The fourth-order valence-electron chi connectivity index (χ4n) is 8.00. The van der Waals surface area contributed by atoms with Gasteiger partial charge in [0.05, 0.1) is 11.4 Å². The van der Waals surface area contributed by atoms with Crippen LogP contribution in [0.25, 0.3) is 22.6 Å². The zero-order valence-corrected chi connectivity index (χ0v) is 26.3. The van der Waals surface area contributed by atoms with Crippen LogP contribution in [0.4, 0.5) is 10.1 Å². The molecule has 2 fully saturated rings. The molecule has 2 aromatic carbocycles. The van der Waals surface area contributed by atoms with Gasteiger partial charge >= 0.3 is 0 Å². The molecule has 2 heterocycles. The second-order valence-corrected chi connectivity index (χ2v) is 13.5. The summed E-state index contributed by atoms with van der Waals surface area (Å²) in [4.78, 5) is 31.5. The van der Waals surface area contributed by atoms with Crippen molar-refractivity contribution in [3.05, 3.63) is 120 Å². The van der Waals surface area contributed by atoms with Gasteiger partial charge < -0.3 is 4.90 Å². The van der Waals surface area contributed by atoms with E-state index in [4.69, 9.17) is 9.97 Å². The Bertz CT molecular complexity index is 1830. The molecule has 0 aliphatic heterocycles. The Hall–Kier alpha value is -4.45. The number of hydrogen-bond acceptors (Lipinski definition) is 5. The highest BCUT2D eigenvalue weighted by molar-refractivity contribution is 6.02. The quantitative estimate of drug-likeness (QED) is 0.157. The lowest BCUT2D eigenvalue weighted by atomic mass is 9.48. The smallest absolute Gasteiger partial charge is 0.166 e. The predicted molar refractivity (Wildman–Crippen MR) is 177 cm³/mol. The zero-order chi connectivity index (χ0) is 31.3. The molecule has 0 spiro atoms. The van der Waals surface area contributed by atoms with Gasteiger partial charge in [0.1, 0.15) is 5.82 Å². The van der Waals surface area contributed by atoms with Crippen molar-refractivity contribution in [2.75, 3.05) is 11.9 Å². The summed E-state index contributed by atoms with van der Waals surface area (Å²) < 4.78 is 15.5. The lowest BCUT2D eigenvalue weighted by Crippen LogP contribution is -2.55. The molecule has 228 valence electrons. The van der Waals surface area contributed by atoms with Crippen LogP contribution < -0.4 is 4.90 Å². The Morgan fingerprint density at radius 3 is 2.51 bits per heavy atom. The number of para-hydroxylation sites is 1. The van der Waals surface area contributed by atoms with E-state index in [1.54, 1.807) is 6.07 Å². The van der Waals surface area contributed by atoms with Gasteiger partial charge in [-0.15, -0.1) is 6.58 Å². The van der Waals surface area contributed by atoms with E-state index in [-0.39, 0.29) is 17.5 Å². The molecule has 0 saturated heterocycles. The molecule has 2 aromatic heterocycles. The topological polar surface area (TPSA) is 59.0 Å². The highest BCUT2D eigenvalue weighted by atomic mass is 19.1. The summed E-state index contributed by atoms with van der Waals surface area (Å²) in [6, 6.07) is 21.0. The number of fused-ring (bicyclic) bond motifs is 3. The number of pyridine rings is 1. The summed E-state index contributed by atoms with van der Waals surface area (Å²) in [5.41, 5.74) is 5.59. The molecule has 0 amide bonds. The Kier molecular flexibility index (Phi) is 7.26. The monoisotopic (exact) mass is 598 g/mol. The van der Waals surface area contributed by atoms with E-state index in [0.717, 1.165) is 53.0 Å². The van der Waals surface area contributed by atoms with Crippen molar-refractivity contribution < 1.29 is 9.18 Å². The first-order valence-electron chi connectivity index (χ1n) is 16.0. The summed E-state index contributed by atoms with van der Waals surface area (Å²) in [5.74, 6) is 0.951. The van der Waals surface area contributed by atoms with Gasteiger partial charge in [0.25, 0.3) is 0 Å². The summed E-state index contributed by atoms with van der Waals surface area (Å²) in [6.45, 7) is 8.42. The predicted octanol–water partition coefficient (Wildman–Crippen LogP) is 8.62. The Labute approximate surface area is 265 Å². The number of anilines is 1. The average molecular weight is 599 g/mol. The molecule has 45 heavy (non-hydrogen) atoms. The number of Topliss-reactive ketones (excluding diaryl/α,β-unsaturated/α-hetero) is 1. The van der Waals surface area contributed by atoms with Crippen molar-refractivity contribution in [3.8, 4) is 22.6 Å².